The average Bonchev–Trinajstić information content (AvgIpc) is 1.98. The lowest BCUT2D eigenvalue weighted by Gasteiger charge is -2.10. The van der Waals surface area contributed by atoms with Gasteiger partial charge in [0.25, 0.3) is 0 Å². The van der Waals surface area contributed by atoms with Crippen LogP contribution in [0.5, 0.6) is 0 Å². The Balaban J connectivity index is 4.43. The molecule has 0 saturated carbocycles. The highest BCUT2D eigenvalue weighted by Crippen LogP contribution is 2.14. The lowest BCUT2D eigenvalue weighted by atomic mass is 10.1. The molecular formula is C10H16O3. The zero-order chi connectivity index (χ0) is 10.4. The number of aliphatic hydroxyl groups is 1. The van der Waals surface area contributed by atoms with Crippen LogP contribution < -0.4 is 0 Å². The van der Waals surface area contributed by atoms with Gasteiger partial charge < -0.3 is 9.84 Å². The Morgan fingerprint density at radius 1 is 1.46 bits per heavy atom. The molecule has 0 aromatic carbocycles. The predicted octanol–water partition coefficient (Wildman–Crippen LogP) is 2.55. The van der Waals surface area contributed by atoms with Crippen molar-refractivity contribution in [3.8, 4) is 0 Å². The maximum Gasteiger partial charge on any atom is 0.307 e. The molecule has 0 rings (SSSR count). The molecule has 0 aliphatic rings. The highest BCUT2D eigenvalue weighted by molar-refractivity contribution is 5.67. The van der Waals surface area contributed by atoms with Crippen molar-refractivity contribution in [2.75, 3.05) is 0 Å². The van der Waals surface area contributed by atoms with Crippen molar-refractivity contribution in [1.29, 1.82) is 0 Å². The van der Waals surface area contributed by atoms with Crippen molar-refractivity contribution < 1.29 is 14.6 Å². The molecule has 0 fully saturated rings. The molecule has 0 saturated heterocycles. The van der Waals surface area contributed by atoms with E-state index in [0.717, 1.165) is 0 Å². The molecule has 0 heterocycles. The van der Waals surface area contributed by atoms with E-state index in [2.05, 4.69) is 0 Å². The maximum atomic E-state index is 10.7. The van der Waals surface area contributed by atoms with E-state index in [1.165, 1.54) is 6.92 Å². The second kappa shape index (κ2) is 5.41. The Morgan fingerprint density at radius 2 is 2.00 bits per heavy atom. The molecule has 0 aromatic heterocycles. The molecule has 0 amide bonds. The van der Waals surface area contributed by atoms with Gasteiger partial charge >= 0.3 is 5.97 Å². The van der Waals surface area contributed by atoms with Gasteiger partial charge in [-0.05, 0) is 26.0 Å². The third kappa shape index (κ3) is 5.06. The Kier molecular flexibility index (Phi) is 4.89. The van der Waals surface area contributed by atoms with E-state index in [-0.39, 0.29) is 17.6 Å². The summed E-state index contributed by atoms with van der Waals surface area (Å²) in [5, 5.41) is 8.99. The fourth-order valence-electron chi connectivity index (χ4n) is 1.02. The first kappa shape index (κ1) is 11.8. The fourth-order valence-corrected chi connectivity index (χ4v) is 1.02. The highest BCUT2D eigenvalue weighted by atomic mass is 16.5. The molecule has 0 spiro atoms. The summed E-state index contributed by atoms with van der Waals surface area (Å²) in [5.74, 6) is 0.350. The van der Waals surface area contributed by atoms with Crippen LogP contribution in [0, 0.1) is 5.92 Å². The molecule has 0 radical (unpaired) electrons. The molecule has 0 aromatic rings. The van der Waals surface area contributed by atoms with Gasteiger partial charge in [-0.1, -0.05) is 6.92 Å². The van der Waals surface area contributed by atoms with Crippen LogP contribution >= 0.6 is 0 Å². The van der Waals surface area contributed by atoms with E-state index in [1.807, 2.05) is 6.92 Å². The number of carbonyl (C=O) groups excluding carboxylic acids is 1. The number of hydrogen-bond donors (Lipinski definition) is 1. The van der Waals surface area contributed by atoms with Crippen LogP contribution in [-0.2, 0) is 9.53 Å². The van der Waals surface area contributed by atoms with Gasteiger partial charge in [-0.3, -0.25) is 4.79 Å². The van der Waals surface area contributed by atoms with E-state index in [9.17, 15) is 4.79 Å². The molecule has 1 atom stereocenters. The molecule has 3 heteroatoms. The quantitative estimate of drug-likeness (QED) is 0.541. The van der Waals surface area contributed by atoms with Crippen LogP contribution in [-0.4, -0.2) is 11.1 Å². The van der Waals surface area contributed by atoms with Crippen LogP contribution in [0.2, 0.25) is 0 Å². The normalized spacial score (nSPS) is 15.4. The summed E-state index contributed by atoms with van der Waals surface area (Å²) in [4.78, 5) is 10.7. The van der Waals surface area contributed by atoms with Gasteiger partial charge in [0.05, 0.1) is 5.76 Å². The number of aliphatic hydroxyl groups excluding tert-OH is 1. The SMILES string of the molecule is C/C=C(\OC(C)=O)C(C)/C=C(\C)O. The van der Waals surface area contributed by atoms with Gasteiger partial charge in [0.2, 0.25) is 0 Å². The molecule has 74 valence electrons. The van der Waals surface area contributed by atoms with Crippen molar-refractivity contribution in [1.82, 2.24) is 0 Å². The minimum absolute atomic E-state index is 0.0844. The van der Waals surface area contributed by atoms with Crippen LogP contribution in [0.15, 0.2) is 23.7 Å². The van der Waals surface area contributed by atoms with Gasteiger partial charge in [-0.2, -0.15) is 0 Å². The standard InChI is InChI=1S/C10H16O3/c1-5-10(13-9(4)12)7(2)6-8(3)11/h5-7,11H,1-4H3/b8-6+,10-5-. The number of hydrogen-bond acceptors (Lipinski definition) is 3. The topological polar surface area (TPSA) is 46.5 Å². The van der Waals surface area contributed by atoms with Crippen molar-refractivity contribution in [2.24, 2.45) is 5.92 Å². The smallest absolute Gasteiger partial charge is 0.307 e. The number of allylic oxidation sites excluding steroid dienone is 3. The first-order chi connectivity index (χ1) is 5.97. The van der Waals surface area contributed by atoms with Crippen LogP contribution in [0.3, 0.4) is 0 Å². The Morgan fingerprint density at radius 3 is 2.31 bits per heavy atom. The Bertz CT molecular complexity index is 235. The Hall–Kier alpha value is -1.25. The van der Waals surface area contributed by atoms with Crippen LogP contribution in [0.25, 0.3) is 0 Å². The number of ether oxygens (including phenoxy) is 1. The Labute approximate surface area is 78.7 Å². The summed E-state index contributed by atoms with van der Waals surface area (Å²) >= 11 is 0. The minimum Gasteiger partial charge on any atom is -0.513 e. The number of carbonyl (C=O) groups is 1. The molecule has 0 aliphatic heterocycles. The lowest BCUT2D eigenvalue weighted by Crippen LogP contribution is -2.05. The van der Waals surface area contributed by atoms with Gasteiger partial charge in [0.1, 0.15) is 5.76 Å². The van der Waals surface area contributed by atoms with E-state index >= 15 is 0 Å². The largest absolute Gasteiger partial charge is 0.513 e. The first-order valence-corrected chi connectivity index (χ1v) is 4.19. The molecule has 3 nitrogen and oxygen atoms in total. The lowest BCUT2D eigenvalue weighted by molar-refractivity contribution is -0.137. The minimum atomic E-state index is -0.344. The average molecular weight is 184 g/mol. The van der Waals surface area contributed by atoms with E-state index in [4.69, 9.17) is 9.84 Å². The maximum absolute atomic E-state index is 10.7. The first-order valence-electron chi connectivity index (χ1n) is 4.19. The zero-order valence-corrected chi connectivity index (χ0v) is 8.50. The zero-order valence-electron chi connectivity index (χ0n) is 8.50. The summed E-state index contributed by atoms with van der Waals surface area (Å²) in [7, 11) is 0. The van der Waals surface area contributed by atoms with Crippen molar-refractivity contribution >= 4 is 5.97 Å². The van der Waals surface area contributed by atoms with Gasteiger partial charge in [-0.15, -0.1) is 0 Å². The predicted molar refractivity (Wildman–Crippen MR) is 51.1 cm³/mol. The van der Waals surface area contributed by atoms with E-state index in [0.29, 0.717) is 5.76 Å². The molecule has 1 N–H and O–H groups in total. The molecule has 1 unspecified atom stereocenters. The molecule has 13 heavy (non-hydrogen) atoms. The summed E-state index contributed by atoms with van der Waals surface area (Å²) in [5.41, 5.74) is 0. The van der Waals surface area contributed by atoms with Crippen molar-refractivity contribution in [3.63, 3.8) is 0 Å². The molecule has 0 aliphatic carbocycles. The van der Waals surface area contributed by atoms with E-state index < -0.39 is 0 Å². The second-order valence-electron chi connectivity index (χ2n) is 2.88. The van der Waals surface area contributed by atoms with Gasteiger partial charge in [0, 0.05) is 12.8 Å². The molecule has 0 bridgehead atoms. The third-order valence-electron chi connectivity index (χ3n) is 1.49. The summed E-state index contributed by atoms with van der Waals surface area (Å²) < 4.78 is 4.93. The van der Waals surface area contributed by atoms with Gasteiger partial charge in [-0.25, -0.2) is 0 Å². The number of rotatable bonds is 3. The summed E-state index contributed by atoms with van der Waals surface area (Å²) in [6.45, 7) is 6.57. The van der Waals surface area contributed by atoms with Crippen molar-refractivity contribution in [3.05, 3.63) is 23.7 Å². The third-order valence-corrected chi connectivity index (χ3v) is 1.49. The van der Waals surface area contributed by atoms with Gasteiger partial charge in [0.15, 0.2) is 0 Å². The monoisotopic (exact) mass is 184 g/mol. The fraction of sp³-hybridized carbons (Fsp3) is 0.500. The highest BCUT2D eigenvalue weighted by Gasteiger charge is 2.08. The van der Waals surface area contributed by atoms with Crippen molar-refractivity contribution in [2.45, 2.75) is 27.7 Å². The van der Waals surface area contributed by atoms with Crippen LogP contribution in [0.4, 0.5) is 0 Å². The summed E-state index contributed by atoms with van der Waals surface area (Å²) in [6.07, 6.45) is 3.34. The molecular weight excluding hydrogens is 168 g/mol. The second-order valence-corrected chi connectivity index (χ2v) is 2.88. The van der Waals surface area contributed by atoms with Crippen LogP contribution in [0.1, 0.15) is 27.7 Å². The van der Waals surface area contributed by atoms with E-state index in [1.54, 1.807) is 26.0 Å². The summed E-state index contributed by atoms with van der Waals surface area (Å²) in [6, 6.07) is 0. The number of esters is 1.